The van der Waals surface area contributed by atoms with Gasteiger partial charge in [-0.2, -0.15) is 0 Å². The third-order valence-corrected chi connectivity index (χ3v) is 7.10. The number of carbonyl (C=O) groups excluding carboxylic acids is 1. The Morgan fingerprint density at radius 1 is 0.912 bits per heavy atom. The Balaban J connectivity index is 1.39. The van der Waals surface area contributed by atoms with Gasteiger partial charge < -0.3 is 4.74 Å². The Kier molecular flexibility index (Phi) is 6.22. The topological polar surface area (TPSA) is 29.5 Å². The van der Waals surface area contributed by atoms with Crippen molar-refractivity contribution in [3.63, 3.8) is 0 Å². The largest absolute Gasteiger partial charge is 0.488 e. The monoisotopic (exact) mass is 481 g/mol. The quantitative estimate of drug-likeness (QED) is 0.219. The molecule has 5 rings (SSSR count). The lowest BCUT2D eigenvalue weighted by molar-refractivity contribution is -0.113. The summed E-state index contributed by atoms with van der Waals surface area (Å²) in [4.78, 5) is 15.5. The van der Waals surface area contributed by atoms with Crippen LogP contribution in [0.1, 0.15) is 22.3 Å². The highest BCUT2D eigenvalue weighted by Crippen LogP contribution is 2.38. The van der Waals surface area contributed by atoms with Crippen molar-refractivity contribution >= 4 is 56.7 Å². The molecular weight excluding hydrogens is 458 g/mol. The van der Waals surface area contributed by atoms with Gasteiger partial charge in [0.25, 0.3) is 5.91 Å². The van der Waals surface area contributed by atoms with E-state index in [2.05, 4.69) is 36.4 Å². The van der Waals surface area contributed by atoms with Crippen molar-refractivity contribution in [2.24, 2.45) is 0 Å². The summed E-state index contributed by atoms with van der Waals surface area (Å²) in [5, 5.41) is 2.39. The van der Waals surface area contributed by atoms with Gasteiger partial charge in [-0.25, -0.2) is 0 Å². The normalized spacial score (nSPS) is 14.9. The number of anilines is 1. The molecule has 0 aliphatic carbocycles. The Hall–Kier alpha value is -3.41. The SMILES string of the molecule is Cc1ccc(N2C(=O)/C(=C\c3ccccc3OCc3ccc4ccccc4c3)SC2=S)c(C)c1. The molecule has 0 radical (unpaired) electrons. The Morgan fingerprint density at radius 2 is 1.68 bits per heavy atom. The molecule has 0 spiro atoms. The van der Waals surface area contributed by atoms with Crippen molar-refractivity contribution in [1.82, 2.24) is 0 Å². The highest BCUT2D eigenvalue weighted by Gasteiger charge is 2.34. The summed E-state index contributed by atoms with van der Waals surface area (Å²) in [6.45, 7) is 4.48. The van der Waals surface area contributed by atoms with Crippen LogP contribution in [0.3, 0.4) is 0 Å². The van der Waals surface area contributed by atoms with E-state index in [9.17, 15) is 4.79 Å². The van der Waals surface area contributed by atoms with Gasteiger partial charge in [0.1, 0.15) is 12.4 Å². The van der Waals surface area contributed by atoms with Crippen LogP contribution >= 0.6 is 24.0 Å². The van der Waals surface area contributed by atoms with Crippen molar-refractivity contribution in [2.45, 2.75) is 20.5 Å². The molecule has 4 aromatic rings. The molecule has 0 aromatic heterocycles. The summed E-state index contributed by atoms with van der Waals surface area (Å²) < 4.78 is 6.72. The van der Waals surface area contributed by atoms with Crippen molar-refractivity contribution in [3.8, 4) is 5.75 Å². The number of amides is 1. The molecule has 1 fully saturated rings. The summed E-state index contributed by atoms with van der Waals surface area (Å²) in [7, 11) is 0. The number of para-hydroxylation sites is 1. The smallest absolute Gasteiger partial charge is 0.270 e. The number of rotatable bonds is 5. The highest BCUT2D eigenvalue weighted by molar-refractivity contribution is 8.27. The molecule has 0 atom stereocenters. The lowest BCUT2D eigenvalue weighted by Gasteiger charge is -2.17. The minimum absolute atomic E-state index is 0.105. The zero-order valence-corrected chi connectivity index (χ0v) is 20.6. The molecular formula is C29H23NO2S2. The Labute approximate surface area is 209 Å². The molecule has 0 unspecified atom stereocenters. The van der Waals surface area contributed by atoms with Crippen LogP contribution in [0.2, 0.25) is 0 Å². The fourth-order valence-electron chi connectivity index (χ4n) is 4.09. The van der Waals surface area contributed by atoms with E-state index in [0.717, 1.165) is 33.7 Å². The van der Waals surface area contributed by atoms with Gasteiger partial charge in [0, 0.05) is 5.56 Å². The standard InChI is InChI=1S/C29H23NO2S2/c1-19-11-14-25(20(2)15-19)30-28(31)27(34-29(30)33)17-24-9-5-6-10-26(24)32-18-21-12-13-22-7-3-4-8-23(22)16-21/h3-17H,18H2,1-2H3/b27-17+. The number of thiocarbonyl (C=S) groups is 1. The summed E-state index contributed by atoms with van der Waals surface area (Å²) >= 11 is 6.89. The molecule has 1 saturated heterocycles. The first-order valence-electron chi connectivity index (χ1n) is 11.0. The summed E-state index contributed by atoms with van der Waals surface area (Å²) in [5.41, 5.74) is 4.95. The number of ether oxygens (including phenoxy) is 1. The van der Waals surface area contributed by atoms with Crippen LogP contribution in [0, 0.1) is 13.8 Å². The lowest BCUT2D eigenvalue weighted by atomic mass is 10.1. The number of thioether (sulfide) groups is 1. The molecule has 1 aliphatic heterocycles. The van der Waals surface area contributed by atoms with E-state index < -0.39 is 0 Å². The third-order valence-electron chi connectivity index (χ3n) is 5.80. The van der Waals surface area contributed by atoms with E-state index in [1.54, 1.807) is 4.90 Å². The maximum absolute atomic E-state index is 13.3. The average Bonchev–Trinajstić information content (AvgIpc) is 3.11. The zero-order valence-electron chi connectivity index (χ0n) is 18.9. The second-order valence-electron chi connectivity index (χ2n) is 8.32. The second kappa shape index (κ2) is 9.45. The highest BCUT2D eigenvalue weighted by atomic mass is 32.2. The third kappa shape index (κ3) is 4.49. The first-order chi connectivity index (χ1) is 16.5. The van der Waals surface area contributed by atoms with Crippen LogP contribution in [0.15, 0.2) is 89.8 Å². The van der Waals surface area contributed by atoms with E-state index in [0.29, 0.717) is 15.8 Å². The summed E-state index contributed by atoms with van der Waals surface area (Å²) in [6, 6.07) is 28.4. The molecule has 4 aromatic carbocycles. The number of nitrogens with zero attached hydrogens (tertiary/aromatic N) is 1. The molecule has 1 aliphatic rings. The molecule has 168 valence electrons. The van der Waals surface area contributed by atoms with E-state index in [1.807, 2.05) is 68.5 Å². The molecule has 5 heteroatoms. The first kappa shape index (κ1) is 22.4. The molecule has 1 heterocycles. The Bertz CT molecular complexity index is 1460. The van der Waals surface area contributed by atoms with Gasteiger partial charge in [-0.1, -0.05) is 96.3 Å². The number of carbonyl (C=O) groups is 1. The predicted octanol–water partition coefficient (Wildman–Crippen LogP) is 7.44. The Morgan fingerprint density at radius 3 is 2.50 bits per heavy atom. The van der Waals surface area contributed by atoms with Crippen LogP contribution in [-0.2, 0) is 11.4 Å². The van der Waals surface area contributed by atoms with Crippen LogP contribution in [0.25, 0.3) is 16.8 Å². The lowest BCUT2D eigenvalue weighted by Crippen LogP contribution is -2.28. The molecule has 1 amide bonds. The predicted molar refractivity (Wildman–Crippen MR) is 146 cm³/mol. The van der Waals surface area contributed by atoms with Gasteiger partial charge in [-0.05, 0) is 60.0 Å². The number of hydrogen-bond donors (Lipinski definition) is 0. The van der Waals surface area contributed by atoms with Crippen molar-refractivity contribution < 1.29 is 9.53 Å². The van der Waals surface area contributed by atoms with Crippen molar-refractivity contribution in [1.29, 1.82) is 0 Å². The molecule has 0 saturated carbocycles. The van der Waals surface area contributed by atoms with Gasteiger partial charge in [0.05, 0.1) is 10.6 Å². The van der Waals surface area contributed by atoms with Gasteiger partial charge >= 0.3 is 0 Å². The zero-order chi connectivity index (χ0) is 23.7. The van der Waals surface area contributed by atoms with Gasteiger partial charge in [-0.15, -0.1) is 0 Å². The van der Waals surface area contributed by atoms with Crippen molar-refractivity contribution in [2.75, 3.05) is 4.90 Å². The van der Waals surface area contributed by atoms with Crippen LogP contribution < -0.4 is 9.64 Å². The number of benzene rings is 4. The van der Waals surface area contributed by atoms with E-state index in [1.165, 1.54) is 22.5 Å². The number of hydrogen-bond acceptors (Lipinski definition) is 4. The van der Waals surface area contributed by atoms with Gasteiger partial charge in [0.2, 0.25) is 0 Å². The van der Waals surface area contributed by atoms with E-state index in [4.69, 9.17) is 17.0 Å². The maximum Gasteiger partial charge on any atom is 0.270 e. The van der Waals surface area contributed by atoms with E-state index in [-0.39, 0.29) is 5.91 Å². The van der Waals surface area contributed by atoms with Crippen LogP contribution in [-0.4, -0.2) is 10.2 Å². The summed E-state index contributed by atoms with van der Waals surface area (Å²) in [5.74, 6) is 0.624. The molecule has 3 nitrogen and oxygen atoms in total. The van der Waals surface area contributed by atoms with Crippen LogP contribution in [0.5, 0.6) is 5.75 Å². The minimum atomic E-state index is -0.105. The van der Waals surface area contributed by atoms with Gasteiger partial charge in [-0.3, -0.25) is 9.69 Å². The molecule has 34 heavy (non-hydrogen) atoms. The summed E-state index contributed by atoms with van der Waals surface area (Å²) in [6.07, 6.45) is 1.87. The first-order valence-corrected chi connectivity index (χ1v) is 12.3. The average molecular weight is 482 g/mol. The van der Waals surface area contributed by atoms with E-state index >= 15 is 0 Å². The fraction of sp³-hybridized carbons (Fsp3) is 0.103. The van der Waals surface area contributed by atoms with Crippen molar-refractivity contribution in [3.05, 3.63) is 112 Å². The maximum atomic E-state index is 13.3. The van der Waals surface area contributed by atoms with Crippen LogP contribution in [0.4, 0.5) is 5.69 Å². The molecule has 0 N–H and O–H groups in total. The number of fused-ring (bicyclic) bond motifs is 1. The number of aryl methyl sites for hydroxylation is 2. The second-order valence-corrected chi connectivity index (χ2v) is 9.99. The van der Waals surface area contributed by atoms with Gasteiger partial charge in [0.15, 0.2) is 4.32 Å². The molecule has 0 bridgehead atoms. The fourth-order valence-corrected chi connectivity index (χ4v) is 5.37. The minimum Gasteiger partial charge on any atom is -0.488 e.